The van der Waals surface area contributed by atoms with Crippen LogP contribution < -0.4 is 10.0 Å². The molecule has 1 fully saturated rings. The van der Waals surface area contributed by atoms with Crippen LogP contribution in [0.25, 0.3) is 0 Å². The van der Waals surface area contributed by atoms with Crippen molar-refractivity contribution in [2.24, 2.45) is 0 Å². The maximum Gasteiger partial charge on any atom is 0.277 e. The predicted molar refractivity (Wildman–Crippen MR) is 85.5 cm³/mol. The minimum absolute atomic E-state index is 0. The molecule has 1 aromatic carbocycles. The van der Waals surface area contributed by atoms with Gasteiger partial charge in [-0.15, -0.1) is 12.4 Å². The van der Waals surface area contributed by atoms with E-state index in [-0.39, 0.29) is 35.2 Å². The fraction of sp³-hybridized carbons (Fsp3) is 0.538. The van der Waals surface area contributed by atoms with Crippen LogP contribution in [0.15, 0.2) is 18.2 Å². The number of rotatable bonds is 5. The maximum atomic E-state index is 13.9. The van der Waals surface area contributed by atoms with Gasteiger partial charge in [0.1, 0.15) is 11.9 Å². The first-order valence-corrected chi connectivity index (χ1v) is 8.73. The average Bonchev–Trinajstić information content (AvgIpc) is 2.71. The highest BCUT2D eigenvalue weighted by atomic mass is 35.5. The van der Waals surface area contributed by atoms with E-state index in [9.17, 15) is 21.6 Å². The average molecular weight is 393 g/mol. The number of hydrogen-bond acceptors (Lipinski definition) is 3. The summed E-state index contributed by atoms with van der Waals surface area (Å²) in [4.78, 5) is 0. The second-order valence-electron chi connectivity index (χ2n) is 5.16. The first kappa shape index (κ1) is 20.5. The van der Waals surface area contributed by atoms with E-state index in [2.05, 4.69) is 5.32 Å². The van der Waals surface area contributed by atoms with Crippen molar-refractivity contribution in [3.8, 4) is 0 Å². The normalized spacial score (nSPS) is 23.5. The van der Waals surface area contributed by atoms with E-state index in [0.717, 1.165) is 0 Å². The Hall–Kier alpha value is -0.540. The monoisotopic (exact) mass is 392 g/mol. The SMILES string of the molecule is CCS(=O)(=O)N[C@@H]1[C@H](Cc2cccc(Cl)c2F)NCC1(F)F.Cl. The van der Waals surface area contributed by atoms with E-state index in [1.165, 1.54) is 25.1 Å². The highest BCUT2D eigenvalue weighted by Gasteiger charge is 2.51. The van der Waals surface area contributed by atoms with Gasteiger partial charge in [-0.2, -0.15) is 0 Å². The Bertz CT molecular complexity index is 659. The van der Waals surface area contributed by atoms with Gasteiger partial charge in [0, 0.05) is 6.04 Å². The lowest BCUT2D eigenvalue weighted by Gasteiger charge is -2.24. The van der Waals surface area contributed by atoms with E-state index in [0.29, 0.717) is 0 Å². The number of benzene rings is 1. The van der Waals surface area contributed by atoms with Gasteiger partial charge in [-0.25, -0.2) is 26.3 Å². The fourth-order valence-electron chi connectivity index (χ4n) is 2.37. The van der Waals surface area contributed by atoms with Crippen LogP contribution in [0, 0.1) is 5.82 Å². The molecule has 2 atom stereocenters. The molecule has 23 heavy (non-hydrogen) atoms. The third kappa shape index (κ3) is 4.73. The molecular weight excluding hydrogens is 376 g/mol. The molecule has 0 aliphatic carbocycles. The molecular formula is C13H17Cl2F3N2O2S. The van der Waals surface area contributed by atoms with Crippen molar-refractivity contribution >= 4 is 34.0 Å². The molecule has 2 rings (SSSR count). The lowest BCUT2D eigenvalue weighted by atomic mass is 9.99. The molecule has 1 aliphatic heterocycles. The summed E-state index contributed by atoms with van der Waals surface area (Å²) in [5.74, 6) is -4.24. The van der Waals surface area contributed by atoms with Crippen LogP contribution in [0.4, 0.5) is 13.2 Å². The Morgan fingerprint density at radius 2 is 2.09 bits per heavy atom. The highest BCUT2D eigenvalue weighted by Crippen LogP contribution is 2.29. The molecule has 132 valence electrons. The predicted octanol–water partition coefficient (Wildman–Crippen LogP) is 2.36. The molecule has 10 heteroatoms. The Kier molecular flexibility index (Phi) is 6.74. The first-order chi connectivity index (χ1) is 10.2. The van der Waals surface area contributed by atoms with Crippen molar-refractivity contribution in [3.63, 3.8) is 0 Å². The summed E-state index contributed by atoms with van der Waals surface area (Å²) in [6.07, 6.45) is -0.0983. The zero-order chi connectivity index (χ0) is 16.5. The molecule has 0 unspecified atom stereocenters. The Labute approximate surface area is 144 Å². The topological polar surface area (TPSA) is 58.2 Å². The van der Waals surface area contributed by atoms with Crippen LogP contribution in [0.2, 0.25) is 5.02 Å². The Morgan fingerprint density at radius 3 is 2.70 bits per heavy atom. The summed E-state index contributed by atoms with van der Waals surface area (Å²) >= 11 is 5.67. The van der Waals surface area contributed by atoms with Crippen LogP contribution in [-0.4, -0.2) is 38.7 Å². The lowest BCUT2D eigenvalue weighted by molar-refractivity contribution is -0.000879. The van der Waals surface area contributed by atoms with Gasteiger partial charge >= 0.3 is 0 Å². The second kappa shape index (κ2) is 7.57. The van der Waals surface area contributed by atoms with Gasteiger partial charge in [0.2, 0.25) is 10.0 Å². The van der Waals surface area contributed by atoms with Crippen molar-refractivity contribution in [1.82, 2.24) is 10.0 Å². The molecule has 1 heterocycles. The van der Waals surface area contributed by atoms with Crippen LogP contribution in [0.3, 0.4) is 0 Å². The summed E-state index contributed by atoms with van der Waals surface area (Å²) in [6, 6.07) is 1.75. The van der Waals surface area contributed by atoms with Crippen molar-refractivity contribution in [3.05, 3.63) is 34.6 Å². The van der Waals surface area contributed by atoms with Crippen molar-refractivity contribution in [2.75, 3.05) is 12.3 Å². The van der Waals surface area contributed by atoms with E-state index in [1.54, 1.807) is 0 Å². The second-order valence-corrected chi connectivity index (χ2v) is 7.61. The summed E-state index contributed by atoms with van der Waals surface area (Å²) in [7, 11) is -3.81. The minimum Gasteiger partial charge on any atom is -0.306 e. The molecule has 1 aromatic rings. The molecule has 1 aliphatic rings. The molecule has 0 bridgehead atoms. The quantitative estimate of drug-likeness (QED) is 0.808. The summed E-state index contributed by atoms with van der Waals surface area (Å²) in [5, 5.41) is 2.45. The van der Waals surface area contributed by atoms with Gasteiger partial charge in [0.25, 0.3) is 5.92 Å². The minimum atomic E-state index is -3.81. The van der Waals surface area contributed by atoms with Crippen LogP contribution in [-0.2, 0) is 16.4 Å². The van der Waals surface area contributed by atoms with E-state index in [4.69, 9.17) is 11.6 Å². The summed E-state index contributed by atoms with van der Waals surface area (Å²) in [6.45, 7) is 0.686. The maximum absolute atomic E-state index is 13.9. The largest absolute Gasteiger partial charge is 0.306 e. The fourth-order valence-corrected chi connectivity index (χ4v) is 3.45. The standard InChI is InChI=1S/C13H16ClF3N2O2S.ClH/c1-2-22(20,21)19-12-10(18-7-13(12,16)17)6-8-4-3-5-9(14)11(8)15;/h3-5,10,12,18-19H,2,6-7H2,1H3;1H/t10-,12+;/m0./s1. The van der Waals surface area contributed by atoms with Crippen molar-refractivity contribution < 1.29 is 21.6 Å². The zero-order valence-electron chi connectivity index (χ0n) is 12.2. The molecule has 0 saturated carbocycles. The molecule has 2 N–H and O–H groups in total. The molecule has 0 spiro atoms. The molecule has 1 saturated heterocycles. The highest BCUT2D eigenvalue weighted by molar-refractivity contribution is 7.89. The number of hydrogen-bond donors (Lipinski definition) is 2. The van der Waals surface area contributed by atoms with Crippen LogP contribution in [0.5, 0.6) is 0 Å². The molecule has 0 aromatic heterocycles. The van der Waals surface area contributed by atoms with Gasteiger partial charge in [-0.1, -0.05) is 23.7 Å². The molecule has 0 amide bonds. The van der Waals surface area contributed by atoms with Gasteiger partial charge in [0.05, 0.1) is 17.3 Å². The Balaban J connectivity index is 0.00000264. The van der Waals surface area contributed by atoms with Gasteiger partial charge in [0.15, 0.2) is 0 Å². The lowest BCUT2D eigenvalue weighted by Crippen LogP contribution is -2.51. The van der Waals surface area contributed by atoms with E-state index >= 15 is 0 Å². The number of halogens is 5. The first-order valence-electron chi connectivity index (χ1n) is 6.70. The van der Waals surface area contributed by atoms with Crippen molar-refractivity contribution in [1.29, 1.82) is 0 Å². The van der Waals surface area contributed by atoms with Gasteiger partial charge in [-0.05, 0) is 25.0 Å². The number of nitrogens with one attached hydrogen (secondary N) is 2. The van der Waals surface area contributed by atoms with Crippen LogP contribution in [0.1, 0.15) is 12.5 Å². The molecule has 4 nitrogen and oxygen atoms in total. The smallest absolute Gasteiger partial charge is 0.277 e. The zero-order valence-corrected chi connectivity index (χ0v) is 14.5. The third-order valence-electron chi connectivity index (χ3n) is 3.62. The van der Waals surface area contributed by atoms with Crippen LogP contribution >= 0.6 is 24.0 Å². The molecule has 0 radical (unpaired) electrons. The van der Waals surface area contributed by atoms with Gasteiger partial charge < -0.3 is 5.32 Å². The Morgan fingerprint density at radius 1 is 1.43 bits per heavy atom. The number of sulfonamides is 1. The van der Waals surface area contributed by atoms with E-state index < -0.39 is 40.4 Å². The van der Waals surface area contributed by atoms with E-state index in [1.807, 2.05) is 4.72 Å². The van der Waals surface area contributed by atoms with Gasteiger partial charge in [-0.3, -0.25) is 0 Å². The van der Waals surface area contributed by atoms with Crippen molar-refractivity contribution in [2.45, 2.75) is 31.4 Å². The summed E-state index contributed by atoms with van der Waals surface area (Å²) < 4.78 is 66.9. The third-order valence-corrected chi connectivity index (χ3v) is 5.28. The summed E-state index contributed by atoms with van der Waals surface area (Å²) in [5.41, 5.74) is 0.156. The number of alkyl halides is 2.